The maximum atomic E-state index is 12.4. The van der Waals surface area contributed by atoms with E-state index in [1.807, 2.05) is 24.3 Å². The van der Waals surface area contributed by atoms with Crippen LogP contribution in [0.1, 0.15) is 30.7 Å². The van der Waals surface area contributed by atoms with E-state index < -0.39 is 11.2 Å². The van der Waals surface area contributed by atoms with E-state index in [0.29, 0.717) is 12.2 Å². The Hall–Kier alpha value is -2.68. The SMILES string of the molecule is Cn1c(=O)[nH]c(=O)c2[nH]c(CCC(=O)NC3(c4ccc(Br)cc4)CC3)nc21. The van der Waals surface area contributed by atoms with Crippen LogP contribution in [0.25, 0.3) is 11.2 Å². The molecule has 1 amide bonds. The fraction of sp³-hybridized carbons (Fsp3) is 0.333. The molecule has 0 atom stereocenters. The zero-order chi connectivity index (χ0) is 19.2. The van der Waals surface area contributed by atoms with E-state index >= 15 is 0 Å². The van der Waals surface area contributed by atoms with Crippen LogP contribution in [0.3, 0.4) is 0 Å². The number of H-pyrrole nitrogens is 2. The molecule has 0 spiro atoms. The van der Waals surface area contributed by atoms with Crippen LogP contribution < -0.4 is 16.6 Å². The van der Waals surface area contributed by atoms with Gasteiger partial charge < -0.3 is 10.3 Å². The Morgan fingerprint density at radius 3 is 2.63 bits per heavy atom. The molecular formula is C18H18BrN5O3. The molecule has 1 aromatic carbocycles. The molecular weight excluding hydrogens is 414 g/mol. The van der Waals surface area contributed by atoms with Gasteiger partial charge in [-0.1, -0.05) is 28.1 Å². The number of aromatic nitrogens is 4. The number of carbonyl (C=O) groups excluding carboxylic acids is 1. The summed E-state index contributed by atoms with van der Waals surface area (Å²) >= 11 is 3.42. The zero-order valence-electron chi connectivity index (χ0n) is 14.6. The second-order valence-electron chi connectivity index (χ2n) is 6.84. The molecule has 0 saturated heterocycles. The lowest BCUT2D eigenvalue weighted by atomic mass is 10.0. The van der Waals surface area contributed by atoms with E-state index in [1.165, 1.54) is 11.6 Å². The Balaban J connectivity index is 1.45. The minimum absolute atomic E-state index is 0.0707. The van der Waals surface area contributed by atoms with Crippen molar-refractivity contribution in [3.05, 3.63) is 61.0 Å². The van der Waals surface area contributed by atoms with Crippen molar-refractivity contribution in [2.45, 2.75) is 31.2 Å². The van der Waals surface area contributed by atoms with Gasteiger partial charge in [0.1, 0.15) is 11.3 Å². The number of halogens is 1. The first-order valence-electron chi connectivity index (χ1n) is 8.63. The number of amides is 1. The molecule has 2 heterocycles. The van der Waals surface area contributed by atoms with Crippen molar-refractivity contribution in [2.75, 3.05) is 0 Å². The van der Waals surface area contributed by atoms with Crippen LogP contribution in [-0.4, -0.2) is 25.4 Å². The van der Waals surface area contributed by atoms with Crippen molar-refractivity contribution in [2.24, 2.45) is 7.05 Å². The van der Waals surface area contributed by atoms with Gasteiger partial charge in [0.15, 0.2) is 5.65 Å². The van der Waals surface area contributed by atoms with Gasteiger partial charge in [0, 0.05) is 24.4 Å². The molecule has 3 N–H and O–H groups in total. The van der Waals surface area contributed by atoms with Crippen LogP contribution in [0.5, 0.6) is 0 Å². The van der Waals surface area contributed by atoms with Gasteiger partial charge >= 0.3 is 5.69 Å². The van der Waals surface area contributed by atoms with Gasteiger partial charge in [-0.2, -0.15) is 0 Å². The predicted octanol–water partition coefficient (Wildman–Crippen LogP) is 1.45. The molecule has 1 aliphatic rings. The molecule has 9 heteroatoms. The third kappa shape index (κ3) is 3.34. The number of aromatic amines is 2. The lowest BCUT2D eigenvalue weighted by Gasteiger charge is -2.18. The van der Waals surface area contributed by atoms with Gasteiger partial charge in [-0.25, -0.2) is 9.78 Å². The predicted molar refractivity (Wildman–Crippen MR) is 103 cm³/mol. The van der Waals surface area contributed by atoms with Crippen molar-refractivity contribution in [1.82, 2.24) is 24.8 Å². The molecule has 1 aliphatic carbocycles. The molecule has 8 nitrogen and oxygen atoms in total. The van der Waals surface area contributed by atoms with Gasteiger partial charge in [0.25, 0.3) is 5.56 Å². The van der Waals surface area contributed by atoms with E-state index in [4.69, 9.17) is 0 Å². The molecule has 2 aromatic heterocycles. The molecule has 0 unspecified atom stereocenters. The minimum atomic E-state index is -0.520. The van der Waals surface area contributed by atoms with Gasteiger partial charge in [-0.3, -0.25) is 19.1 Å². The normalized spacial score (nSPS) is 15.0. The number of hydrogen-bond acceptors (Lipinski definition) is 4. The number of imidazole rings is 1. The highest BCUT2D eigenvalue weighted by molar-refractivity contribution is 9.10. The van der Waals surface area contributed by atoms with Crippen LogP contribution >= 0.6 is 15.9 Å². The smallest absolute Gasteiger partial charge is 0.329 e. The zero-order valence-corrected chi connectivity index (χ0v) is 16.2. The summed E-state index contributed by atoms with van der Waals surface area (Å²) in [6.45, 7) is 0. The fourth-order valence-corrected chi connectivity index (χ4v) is 3.48. The number of hydrogen-bond donors (Lipinski definition) is 3. The third-order valence-electron chi connectivity index (χ3n) is 4.92. The van der Waals surface area contributed by atoms with Gasteiger partial charge in [0.05, 0.1) is 5.54 Å². The van der Waals surface area contributed by atoms with Crippen molar-refractivity contribution in [3.8, 4) is 0 Å². The second kappa shape index (κ2) is 6.49. The summed E-state index contributed by atoms with van der Waals surface area (Å²) < 4.78 is 2.27. The molecule has 0 radical (unpaired) electrons. The number of benzene rings is 1. The summed E-state index contributed by atoms with van der Waals surface area (Å²) in [4.78, 5) is 45.3. The average molecular weight is 432 g/mol. The average Bonchev–Trinajstić information content (AvgIpc) is 3.27. The molecule has 0 bridgehead atoms. The summed E-state index contributed by atoms with van der Waals surface area (Å²) in [6, 6.07) is 7.97. The molecule has 0 aliphatic heterocycles. The van der Waals surface area contributed by atoms with Crippen LogP contribution in [0.2, 0.25) is 0 Å². The third-order valence-corrected chi connectivity index (χ3v) is 5.45. The molecule has 3 aromatic rings. The Kier molecular flexibility index (Phi) is 4.26. The quantitative estimate of drug-likeness (QED) is 0.567. The van der Waals surface area contributed by atoms with E-state index in [1.54, 1.807) is 0 Å². The first-order chi connectivity index (χ1) is 12.9. The minimum Gasteiger partial charge on any atom is -0.347 e. The second-order valence-corrected chi connectivity index (χ2v) is 7.75. The van der Waals surface area contributed by atoms with Crippen molar-refractivity contribution >= 4 is 33.0 Å². The topological polar surface area (TPSA) is 113 Å². The number of nitrogens with one attached hydrogen (secondary N) is 3. The van der Waals surface area contributed by atoms with E-state index in [0.717, 1.165) is 22.9 Å². The highest BCUT2D eigenvalue weighted by Crippen LogP contribution is 2.45. The van der Waals surface area contributed by atoms with Crippen LogP contribution in [-0.2, 0) is 23.8 Å². The fourth-order valence-electron chi connectivity index (χ4n) is 3.21. The molecule has 27 heavy (non-hydrogen) atoms. The van der Waals surface area contributed by atoms with Gasteiger partial charge in [0.2, 0.25) is 5.91 Å². The van der Waals surface area contributed by atoms with Crippen molar-refractivity contribution in [1.29, 1.82) is 0 Å². The summed E-state index contributed by atoms with van der Waals surface area (Å²) in [7, 11) is 1.53. The maximum absolute atomic E-state index is 12.4. The Morgan fingerprint density at radius 2 is 1.96 bits per heavy atom. The van der Waals surface area contributed by atoms with Crippen LogP contribution in [0.4, 0.5) is 0 Å². The molecule has 140 valence electrons. The first-order valence-corrected chi connectivity index (χ1v) is 9.42. The first kappa shape index (κ1) is 17.7. The van der Waals surface area contributed by atoms with Crippen LogP contribution in [0.15, 0.2) is 38.3 Å². The summed E-state index contributed by atoms with van der Waals surface area (Å²) in [5.41, 5.74) is 0.321. The molecule has 1 saturated carbocycles. The number of aryl methyl sites for hydroxylation is 2. The molecule has 1 fully saturated rings. The Morgan fingerprint density at radius 1 is 1.26 bits per heavy atom. The summed E-state index contributed by atoms with van der Waals surface area (Å²) in [6.07, 6.45) is 2.43. The van der Waals surface area contributed by atoms with Crippen molar-refractivity contribution < 1.29 is 4.79 Å². The van der Waals surface area contributed by atoms with Crippen LogP contribution in [0, 0.1) is 0 Å². The lowest BCUT2D eigenvalue weighted by molar-refractivity contribution is -0.122. The number of nitrogens with zero attached hydrogens (tertiary/aromatic N) is 2. The number of fused-ring (bicyclic) bond motifs is 1. The summed E-state index contributed by atoms with van der Waals surface area (Å²) in [5, 5.41) is 3.12. The maximum Gasteiger partial charge on any atom is 0.329 e. The standard InChI is InChI=1S/C18H18BrN5O3/c1-24-15-14(16(26)22-17(24)27)20-12(21-15)6-7-13(25)23-18(8-9-18)10-2-4-11(19)5-3-10/h2-5H,6-9H2,1H3,(H,20,21)(H,23,25)(H,22,26,27). The van der Waals surface area contributed by atoms with Gasteiger partial charge in [-0.05, 0) is 30.5 Å². The summed E-state index contributed by atoms with van der Waals surface area (Å²) in [5.74, 6) is 0.430. The Labute approximate surface area is 162 Å². The monoisotopic (exact) mass is 431 g/mol. The van der Waals surface area contributed by atoms with Gasteiger partial charge in [-0.15, -0.1) is 0 Å². The molecule has 4 rings (SSSR count). The Bertz CT molecular complexity index is 1140. The highest BCUT2D eigenvalue weighted by atomic mass is 79.9. The highest BCUT2D eigenvalue weighted by Gasteiger charge is 2.45. The number of carbonyl (C=O) groups is 1. The van der Waals surface area contributed by atoms with E-state index in [2.05, 4.69) is 36.2 Å². The number of rotatable bonds is 5. The van der Waals surface area contributed by atoms with E-state index in [9.17, 15) is 14.4 Å². The lowest BCUT2D eigenvalue weighted by Crippen LogP contribution is -2.35. The van der Waals surface area contributed by atoms with Crippen molar-refractivity contribution in [3.63, 3.8) is 0 Å². The van der Waals surface area contributed by atoms with E-state index in [-0.39, 0.29) is 29.0 Å². The largest absolute Gasteiger partial charge is 0.347 e.